The number of hydrogen-bond donors (Lipinski definition) is 3. The highest BCUT2D eigenvalue weighted by atomic mass is 32.2. The zero-order valence-electron chi connectivity index (χ0n) is 14.9. The summed E-state index contributed by atoms with van der Waals surface area (Å²) in [6.07, 6.45) is 0. The monoisotopic (exact) mass is 402 g/mol. The number of methoxy groups -OCH3 is 1. The second kappa shape index (κ2) is 7.43. The Kier molecular flexibility index (Phi) is 5.18. The van der Waals surface area contributed by atoms with Crippen LogP contribution in [-0.2, 0) is 16.6 Å². The number of primary amides is 1. The Balaban J connectivity index is 2.19. The number of primary sulfonamides is 1. The highest BCUT2D eigenvalue weighted by Crippen LogP contribution is 2.27. The zero-order chi connectivity index (χ0) is 20.5. The van der Waals surface area contributed by atoms with Crippen LogP contribution in [0.4, 0.5) is 0 Å². The smallest absolute Gasteiger partial charge is 0.269 e. The number of nitrogens with two attached hydrogens (primary N) is 2. The zero-order valence-corrected chi connectivity index (χ0v) is 15.7. The molecule has 1 amide bonds. The van der Waals surface area contributed by atoms with Crippen molar-refractivity contribution in [3.8, 4) is 22.7 Å². The molecule has 0 aliphatic carbocycles. The molecule has 28 heavy (non-hydrogen) atoms. The van der Waals surface area contributed by atoms with Gasteiger partial charge >= 0.3 is 0 Å². The lowest BCUT2D eigenvalue weighted by atomic mass is 10.1. The number of hydrogen-bond acceptors (Lipinski definition) is 6. The van der Waals surface area contributed by atoms with Gasteiger partial charge in [-0.3, -0.25) is 4.79 Å². The van der Waals surface area contributed by atoms with Gasteiger partial charge in [-0.1, -0.05) is 0 Å². The summed E-state index contributed by atoms with van der Waals surface area (Å²) in [7, 11) is -2.45. The minimum atomic E-state index is -4.00. The molecule has 5 N–H and O–H groups in total. The van der Waals surface area contributed by atoms with Crippen LogP contribution in [0.25, 0.3) is 16.9 Å². The molecule has 146 valence electrons. The lowest BCUT2D eigenvalue weighted by Crippen LogP contribution is -2.15. The first kappa shape index (κ1) is 19.5. The van der Waals surface area contributed by atoms with E-state index in [1.807, 2.05) is 0 Å². The van der Waals surface area contributed by atoms with Crippen LogP contribution >= 0.6 is 0 Å². The first-order chi connectivity index (χ1) is 13.2. The van der Waals surface area contributed by atoms with E-state index in [9.17, 15) is 18.3 Å². The summed E-state index contributed by atoms with van der Waals surface area (Å²) >= 11 is 0. The molecule has 0 atom stereocenters. The maximum absolute atomic E-state index is 11.7. The minimum Gasteiger partial charge on any atom is -0.497 e. The van der Waals surface area contributed by atoms with E-state index in [0.29, 0.717) is 17.1 Å². The van der Waals surface area contributed by atoms with Gasteiger partial charge in [0, 0.05) is 5.56 Å². The maximum Gasteiger partial charge on any atom is 0.269 e. The van der Waals surface area contributed by atoms with Crippen molar-refractivity contribution in [2.24, 2.45) is 10.9 Å². The Hall–Kier alpha value is -3.21. The Morgan fingerprint density at radius 3 is 2.39 bits per heavy atom. The van der Waals surface area contributed by atoms with E-state index >= 15 is 0 Å². The fourth-order valence-corrected chi connectivity index (χ4v) is 3.51. The summed E-state index contributed by atoms with van der Waals surface area (Å²) in [6, 6.07) is 12.8. The normalized spacial score (nSPS) is 11.4. The van der Waals surface area contributed by atoms with Gasteiger partial charge in [0.25, 0.3) is 5.91 Å². The SMILES string of the molecule is COc1ccc(-c2cc(C(N)=O)nn2-c2ccc(S(N)(=O)=O)c(CO)c2)cc1. The van der Waals surface area contributed by atoms with E-state index in [1.54, 1.807) is 31.4 Å². The fourth-order valence-electron chi connectivity index (χ4n) is 2.76. The van der Waals surface area contributed by atoms with E-state index < -0.39 is 22.5 Å². The molecule has 1 heterocycles. The Morgan fingerprint density at radius 2 is 1.86 bits per heavy atom. The molecule has 1 aromatic heterocycles. The predicted octanol–water partition coefficient (Wildman–Crippen LogP) is 0.786. The average Bonchev–Trinajstić information content (AvgIpc) is 3.12. The number of aliphatic hydroxyl groups excluding tert-OH is 1. The standard InChI is InChI=1S/C18H18N4O5S/c1-27-14-5-2-11(3-6-14)16-9-15(18(19)24)21-22(16)13-4-7-17(28(20,25)26)12(8-13)10-23/h2-9,23H,10H2,1H3,(H2,19,24)(H2,20,25,26). The van der Waals surface area contributed by atoms with Crippen LogP contribution in [0.1, 0.15) is 16.1 Å². The van der Waals surface area contributed by atoms with Crippen molar-refractivity contribution in [3.05, 3.63) is 59.8 Å². The predicted molar refractivity (Wildman–Crippen MR) is 101 cm³/mol. The molecular formula is C18H18N4O5S. The van der Waals surface area contributed by atoms with Gasteiger partial charge in [-0.05, 0) is 54.1 Å². The van der Waals surface area contributed by atoms with Gasteiger partial charge in [0.15, 0.2) is 5.69 Å². The van der Waals surface area contributed by atoms with E-state index in [2.05, 4.69) is 5.10 Å². The minimum absolute atomic E-state index is 0.0342. The molecule has 0 fully saturated rings. The summed E-state index contributed by atoms with van der Waals surface area (Å²) in [6.45, 7) is -0.540. The molecule has 0 aliphatic heterocycles. The van der Waals surface area contributed by atoms with Crippen LogP contribution in [-0.4, -0.2) is 36.3 Å². The van der Waals surface area contributed by atoms with Gasteiger partial charge in [0.1, 0.15) is 5.75 Å². The summed E-state index contributed by atoms with van der Waals surface area (Å²) in [5, 5.41) is 18.9. The number of sulfonamides is 1. The summed E-state index contributed by atoms with van der Waals surface area (Å²) in [5.41, 5.74) is 7.20. The van der Waals surface area contributed by atoms with Gasteiger partial charge in [0.2, 0.25) is 10.0 Å². The largest absolute Gasteiger partial charge is 0.497 e. The molecule has 0 aliphatic rings. The molecule has 0 saturated heterocycles. The van der Waals surface area contributed by atoms with Crippen LogP contribution in [0, 0.1) is 0 Å². The number of amides is 1. The Morgan fingerprint density at radius 1 is 1.18 bits per heavy atom. The van der Waals surface area contributed by atoms with Crippen LogP contribution in [0.5, 0.6) is 5.75 Å². The third-order valence-electron chi connectivity index (χ3n) is 4.11. The molecule has 3 aromatic rings. The number of aromatic nitrogens is 2. The van der Waals surface area contributed by atoms with Crippen LogP contribution < -0.4 is 15.6 Å². The van der Waals surface area contributed by atoms with Gasteiger partial charge in [-0.2, -0.15) is 5.10 Å². The number of carbonyl (C=O) groups excluding carboxylic acids is 1. The van der Waals surface area contributed by atoms with Crippen molar-refractivity contribution in [3.63, 3.8) is 0 Å². The number of nitrogens with zero attached hydrogens (tertiary/aromatic N) is 2. The molecule has 0 unspecified atom stereocenters. The maximum atomic E-state index is 11.7. The molecule has 9 nitrogen and oxygen atoms in total. The van der Waals surface area contributed by atoms with Crippen molar-refractivity contribution in [2.45, 2.75) is 11.5 Å². The Labute approximate surface area is 161 Å². The number of aliphatic hydroxyl groups is 1. The molecule has 10 heteroatoms. The van der Waals surface area contributed by atoms with Gasteiger partial charge in [-0.25, -0.2) is 18.2 Å². The lowest BCUT2D eigenvalue weighted by molar-refractivity contribution is 0.0995. The fraction of sp³-hybridized carbons (Fsp3) is 0.111. The van der Waals surface area contributed by atoms with Crippen molar-refractivity contribution in [1.82, 2.24) is 9.78 Å². The summed E-state index contributed by atoms with van der Waals surface area (Å²) in [5.74, 6) is -0.0536. The van der Waals surface area contributed by atoms with Crippen LogP contribution in [0.2, 0.25) is 0 Å². The summed E-state index contributed by atoms with van der Waals surface area (Å²) < 4.78 is 29.9. The Bertz CT molecular complexity index is 1140. The molecule has 0 radical (unpaired) electrons. The second-order valence-corrected chi connectivity index (χ2v) is 7.44. The van der Waals surface area contributed by atoms with Gasteiger partial charge < -0.3 is 15.6 Å². The third-order valence-corrected chi connectivity index (χ3v) is 5.12. The van der Waals surface area contributed by atoms with E-state index in [4.69, 9.17) is 15.6 Å². The number of benzene rings is 2. The average molecular weight is 402 g/mol. The van der Waals surface area contributed by atoms with E-state index in [1.165, 1.54) is 28.9 Å². The van der Waals surface area contributed by atoms with Crippen molar-refractivity contribution < 1.29 is 23.1 Å². The van der Waals surface area contributed by atoms with Crippen LogP contribution in [0.3, 0.4) is 0 Å². The van der Waals surface area contributed by atoms with E-state index in [-0.39, 0.29) is 16.2 Å². The molecular weight excluding hydrogens is 384 g/mol. The number of ether oxygens (including phenoxy) is 1. The second-order valence-electron chi connectivity index (χ2n) is 5.91. The highest BCUT2D eigenvalue weighted by molar-refractivity contribution is 7.89. The van der Waals surface area contributed by atoms with Crippen molar-refractivity contribution in [2.75, 3.05) is 7.11 Å². The van der Waals surface area contributed by atoms with Crippen LogP contribution in [0.15, 0.2) is 53.4 Å². The molecule has 0 spiro atoms. The van der Waals surface area contributed by atoms with Gasteiger partial charge in [0.05, 0.1) is 30.0 Å². The van der Waals surface area contributed by atoms with Crippen molar-refractivity contribution >= 4 is 15.9 Å². The molecule has 2 aromatic carbocycles. The molecule has 0 bridgehead atoms. The van der Waals surface area contributed by atoms with Gasteiger partial charge in [-0.15, -0.1) is 0 Å². The lowest BCUT2D eigenvalue weighted by Gasteiger charge is -2.11. The quantitative estimate of drug-likeness (QED) is 0.554. The topological polar surface area (TPSA) is 151 Å². The number of rotatable bonds is 6. The third kappa shape index (κ3) is 3.74. The number of carbonyl (C=O) groups is 1. The van der Waals surface area contributed by atoms with Crippen molar-refractivity contribution in [1.29, 1.82) is 0 Å². The van der Waals surface area contributed by atoms with E-state index in [0.717, 1.165) is 5.56 Å². The first-order valence-electron chi connectivity index (χ1n) is 8.06. The summed E-state index contributed by atoms with van der Waals surface area (Å²) in [4.78, 5) is 11.4. The first-order valence-corrected chi connectivity index (χ1v) is 9.60. The molecule has 3 rings (SSSR count). The molecule has 0 saturated carbocycles. The highest BCUT2D eigenvalue weighted by Gasteiger charge is 2.18.